The molecule has 0 bridgehead atoms. The first-order chi connectivity index (χ1) is 8.06. The molecule has 0 aliphatic carbocycles. The molecule has 1 aliphatic rings. The summed E-state index contributed by atoms with van der Waals surface area (Å²) in [6, 6.07) is 0. The number of hydrogen-bond acceptors (Lipinski definition) is 4. The maximum atomic E-state index is 11.3. The molecule has 0 N–H and O–H groups in total. The molecule has 0 aromatic heterocycles. The van der Waals surface area contributed by atoms with Gasteiger partial charge in [0.05, 0.1) is 0 Å². The molecule has 18 heavy (non-hydrogen) atoms. The van der Waals surface area contributed by atoms with Gasteiger partial charge in [-0.05, 0) is 54.5 Å². The van der Waals surface area contributed by atoms with Gasteiger partial charge in [-0.2, -0.15) is 4.89 Å². The molecule has 0 atom stereocenters. The van der Waals surface area contributed by atoms with Gasteiger partial charge in [0.15, 0.2) is 0 Å². The molecule has 1 heterocycles. The van der Waals surface area contributed by atoms with Crippen LogP contribution in [0.5, 0.6) is 0 Å². The van der Waals surface area contributed by atoms with Crippen LogP contribution in [0, 0.1) is 0 Å². The molecule has 104 valence electrons. The Morgan fingerprint density at radius 2 is 1.67 bits per heavy atom. The van der Waals surface area contributed by atoms with E-state index in [4.69, 9.17) is 9.78 Å². The highest BCUT2D eigenvalue weighted by molar-refractivity contribution is 5.86. The summed E-state index contributed by atoms with van der Waals surface area (Å²) < 4.78 is 0. The number of carbonyl (C=O) groups excluding carboxylic acids is 1. The lowest BCUT2D eigenvalue weighted by atomic mass is 9.79. The third-order valence-corrected chi connectivity index (χ3v) is 3.88. The van der Waals surface area contributed by atoms with Crippen molar-refractivity contribution in [1.82, 2.24) is 4.90 Å². The van der Waals surface area contributed by atoms with Crippen molar-refractivity contribution in [2.75, 3.05) is 7.05 Å². The van der Waals surface area contributed by atoms with E-state index in [1.807, 2.05) is 0 Å². The molecular formula is C14H25NO3. The summed E-state index contributed by atoms with van der Waals surface area (Å²) in [4.78, 5) is 23.8. The van der Waals surface area contributed by atoms with Crippen LogP contribution in [0.1, 0.15) is 47.5 Å². The van der Waals surface area contributed by atoms with E-state index in [2.05, 4.69) is 46.2 Å². The molecule has 0 unspecified atom stereocenters. The van der Waals surface area contributed by atoms with Crippen molar-refractivity contribution in [3.05, 3.63) is 12.2 Å². The third kappa shape index (κ3) is 3.33. The second-order valence-electron chi connectivity index (χ2n) is 6.46. The Balaban J connectivity index is 2.64. The fourth-order valence-corrected chi connectivity index (χ4v) is 2.53. The molecule has 4 nitrogen and oxygen atoms in total. The number of carbonyl (C=O) groups is 1. The van der Waals surface area contributed by atoms with Crippen molar-refractivity contribution in [3.8, 4) is 0 Å². The molecule has 0 radical (unpaired) electrons. The number of rotatable bonds is 3. The predicted octanol–water partition coefficient (Wildman–Crippen LogP) is 2.69. The Morgan fingerprint density at radius 3 is 2.06 bits per heavy atom. The Morgan fingerprint density at radius 1 is 1.22 bits per heavy atom. The van der Waals surface area contributed by atoms with Gasteiger partial charge in [-0.25, -0.2) is 4.79 Å². The fourth-order valence-electron chi connectivity index (χ4n) is 2.53. The smallest absolute Gasteiger partial charge is 0.296 e. The van der Waals surface area contributed by atoms with Crippen molar-refractivity contribution >= 4 is 5.97 Å². The second kappa shape index (κ2) is 5.02. The minimum atomic E-state index is -0.496. The largest absolute Gasteiger partial charge is 0.368 e. The van der Waals surface area contributed by atoms with Gasteiger partial charge < -0.3 is 0 Å². The topological polar surface area (TPSA) is 38.8 Å². The lowest BCUT2D eigenvalue weighted by molar-refractivity contribution is -0.310. The van der Waals surface area contributed by atoms with Crippen LogP contribution in [0.25, 0.3) is 0 Å². The van der Waals surface area contributed by atoms with Crippen LogP contribution < -0.4 is 0 Å². The highest BCUT2D eigenvalue weighted by atomic mass is 17.2. The minimum Gasteiger partial charge on any atom is -0.296 e. The van der Waals surface area contributed by atoms with Gasteiger partial charge >= 0.3 is 5.97 Å². The molecule has 4 heteroatoms. The van der Waals surface area contributed by atoms with Crippen molar-refractivity contribution in [2.24, 2.45) is 0 Å². The molecule has 1 aliphatic heterocycles. The number of likely N-dealkylation sites (tertiary alicyclic amines) is 1. The SMILES string of the molecule is C=C(C)C(=O)OOC1CC(C)(C)N(C)C(C)(C)C1. The first-order valence-corrected chi connectivity index (χ1v) is 6.33. The minimum absolute atomic E-state index is 0.0159. The van der Waals surface area contributed by atoms with Gasteiger partial charge in [-0.3, -0.25) is 9.79 Å². The lowest BCUT2D eigenvalue weighted by Crippen LogP contribution is -2.60. The molecule has 0 spiro atoms. The van der Waals surface area contributed by atoms with Crippen LogP contribution in [0.2, 0.25) is 0 Å². The number of piperidine rings is 1. The van der Waals surface area contributed by atoms with Gasteiger partial charge in [0, 0.05) is 16.7 Å². The van der Waals surface area contributed by atoms with E-state index in [-0.39, 0.29) is 17.2 Å². The van der Waals surface area contributed by atoms with Gasteiger partial charge in [-0.15, -0.1) is 0 Å². The highest BCUT2D eigenvalue weighted by Crippen LogP contribution is 2.38. The van der Waals surface area contributed by atoms with Crippen molar-refractivity contribution in [2.45, 2.75) is 64.6 Å². The van der Waals surface area contributed by atoms with E-state index in [0.29, 0.717) is 5.57 Å². The van der Waals surface area contributed by atoms with E-state index in [1.165, 1.54) is 0 Å². The zero-order valence-electron chi connectivity index (χ0n) is 12.4. The molecule has 0 aromatic carbocycles. The van der Waals surface area contributed by atoms with Crippen LogP contribution in [-0.4, -0.2) is 35.1 Å². The monoisotopic (exact) mass is 255 g/mol. The summed E-state index contributed by atoms with van der Waals surface area (Å²) in [6.45, 7) is 13.8. The van der Waals surface area contributed by atoms with Gasteiger partial charge in [0.2, 0.25) is 0 Å². The van der Waals surface area contributed by atoms with Crippen molar-refractivity contribution in [3.63, 3.8) is 0 Å². The third-order valence-electron chi connectivity index (χ3n) is 3.88. The van der Waals surface area contributed by atoms with Crippen LogP contribution >= 0.6 is 0 Å². The zero-order valence-corrected chi connectivity index (χ0v) is 12.4. The van der Waals surface area contributed by atoms with Crippen LogP contribution in [0.3, 0.4) is 0 Å². The Hall–Kier alpha value is -0.870. The highest BCUT2D eigenvalue weighted by Gasteiger charge is 2.44. The lowest BCUT2D eigenvalue weighted by Gasteiger charge is -2.52. The quantitative estimate of drug-likeness (QED) is 0.441. The fraction of sp³-hybridized carbons (Fsp3) is 0.786. The average Bonchev–Trinajstić information content (AvgIpc) is 2.21. The predicted molar refractivity (Wildman–Crippen MR) is 70.9 cm³/mol. The molecule has 0 amide bonds. The van der Waals surface area contributed by atoms with Gasteiger partial charge in [-0.1, -0.05) is 6.58 Å². The molecule has 1 rings (SSSR count). The maximum Gasteiger partial charge on any atom is 0.368 e. The summed E-state index contributed by atoms with van der Waals surface area (Å²) in [6.07, 6.45) is 1.58. The second-order valence-corrected chi connectivity index (χ2v) is 6.46. The zero-order chi connectivity index (χ0) is 14.1. The van der Waals surface area contributed by atoms with E-state index >= 15 is 0 Å². The van der Waals surface area contributed by atoms with Gasteiger partial charge in [0.25, 0.3) is 0 Å². The Kier molecular flexibility index (Phi) is 4.23. The summed E-state index contributed by atoms with van der Waals surface area (Å²) >= 11 is 0. The molecule has 1 saturated heterocycles. The van der Waals surface area contributed by atoms with Gasteiger partial charge in [0.1, 0.15) is 6.10 Å². The summed E-state index contributed by atoms with van der Waals surface area (Å²) in [5, 5.41) is 0. The first kappa shape index (κ1) is 15.2. The Bertz CT molecular complexity index is 329. The standard InChI is InChI=1S/C14H25NO3/c1-10(2)12(16)18-17-11-8-13(3,4)15(7)14(5,6)9-11/h11H,1,8-9H2,2-7H3. The summed E-state index contributed by atoms with van der Waals surface area (Å²) in [5.41, 5.74) is 0.380. The molecule has 0 saturated carbocycles. The number of hydrogen-bond donors (Lipinski definition) is 0. The van der Waals surface area contributed by atoms with E-state index in [1.54, 1.807) is 6.92 Å². The Labute approximate surface area is 110 Å². The normalized spacial score (nSPS) is 23.7. The van der Waals surface area contributed by atoms with E-state index in [0.717, 1.165) is 12.8 Å². The summed E-state index contributed by atoms with van der Waals surface area (Å²) in [5.74, 6) is -0.496. The maximum absolute atomic E-state index is 11.3. The summed E-state index contributed by atoms with van der Waals surface area (Å²) in [7, 11) is 2.12. The van der Waals surface area contributed by atoms with E-state index < -0.39 is 5.97 Å². The molecule has 0 aromatic rings. The molecule has 1 fully saturated rings. The number of nitrogens with zero attached hydrogens (tertiary/aromatic N) is 1. The van der Waals surface area contributed by atoms with E-state index in [9.17, 15) is 4.79 Å². The van der Waals surface area contributed by atoms with Crippen LogP contribution in [-0.2, 0) is 14.6 Å². The van der Waals surface area contributed by atoms with Crippen LogP contribution in [0.15, 0.2) is 12.2 Å². The van der Waals surface area contributed by atoms with Crippen molar-refractivity contribution < 1.29 is 14.6 Å². The average molecular weight is 255 g/mol. The molecular weight excluding hydrogens is 230 g/mol. The van der Waals surface area contributed by atoms with Crippen molar-refractivity contribution in [1.29, 1.82) is 0 Å². The first-order valence-electron chi connectivity index (χ1n) is 6.33. The van der Waals surface area contributed by atoms with Crippen LogP contribution in [0.4, 0.5) is 0 Å².